The number of hydrogen-bond acceptors (Lipinski definition) is 9. The van der Waals surface area contributed by atoms with E-state index in [0.717, 1.165) is 63.3 Å². The molecule has 0 amide bonds. The fourth-order valence-corrected chi connectivity index (χ4v) is 6.98. The molecular formula is C40H40Cl2N8O3. The van der Waals surface area contributed by atoms with E-state index in [2.05, 4.69) is 53.8 Å². The fraction of sp³-hybridized carbons (Fsp3) is 0.300. The Hall–Kier alpha value is -5.14. The second-order valence-corrected chi connectivity index (χ2v) is 13.9. The van der Waals surface area contributed by atoms with Gasteiger partial charge in [0.2, 0.25) is 11.9 Å². The van der Waals surface area contributed by atoms with Gasteiger partial charge in [-0.3, -0.25) is 0 Å². The first-order valence-electron chi connectivity index (χ1n) is 17.0. The van der Waals surface area contributed by atoms with Crippen LogP contribution in [0.15, 0.2) is 61.2 Å². The summed E-state index contributed by atoms with van der Waals surface area (Å²) >= 11 is 12.7. The normalized spacial score (nSPS) is 16.6. The number of nitrogens with zero attached hydrogens (tertiary/aromatic N) is 6. The van der Waals surface area contributed by atoms with Crippen molar-refractivity contribution in [1.82, 2.24) is 29.1 Å². The number of nitrogens with two attached hydrogens (primary N) is 2. The molecule has 4 aromatic heterocycles. The van der Waals surface area contributed by atoms with Crippen molar-refractivity contribution >= 4 is 56.9 Å². The van der Waals surface area contributed by atoms with Crippen LogP contribution in [0.5, 0.6) is 0 Å². The summed E-state index contributed by atoms with van der Waals surface area (Å²) in [4.78, 5) is 16.5. The van der Waals surface area contributed by atoms with E-state index in [1.165, 1.54) is 12.4 Å². The number of aromatic nitrogens is 6. The molecule has 1 aliphatic rings. The zero-order valence-corrected chi connectivity index (χ0v) is 31.2. The Bertz CT molecular complexity index is 2390. The minimum absolute atomic E-state index is 0.167. The van der Waals surface area contributed by atoms with Gasteiger partial charge in [-0.25, -0.2) is 19.9 Å². The average Bonchev–Trinajstić information content (AvgIpc) is 3.82. The topological polar surface area (TPSA) is 152 Å². The summed E-state index contributed by atoms with van der Waals surface area (Å²) in [6, 6.07) is 11.9. The van der Waals surface area contributed by atoms with E-state index in [-0.39, 0.29) is 11.9 Å². The Morgan fingerprint density at radius 3 is 1.85 bits per heavy atom. The van der Waals surface area contributed by atoms with Crippen molar-refractivity contribution in [2.24, 2.45) is 5.92 Å². The van der Waals surface area contributed by atoms with E-state index in [9.17, 15) is 5.11 Å². The van der Waals surface area contributed by atoms with Crippen LogP contribution < -0.4 is 11.5 Å². The van der Waals surface area contributed by atoms with Crippen molar-refractivity contribution in [3.05, 3.63) is 82.4 Å². The molecule has 0 saturated heterocycles. The summed E-state index contributed by atoms with van der Waals surface area (Å²) in [6.45, 7) is 4.72. The van der Waals surface area contributed by atoms with Crippen LogP contribution in [0.3, 0.4) is 0 Å². The van der Waals surface area contributed by atoms with E-state index >= 15 is 0 Å². The van der Waals surface area contributed by atoms with Crippen molar-refractivity contribution in [1.29, 1.82) is 0 Å². The van der Waals surface area contributed by atoms with Gasteiger partial charge in [0.1, 0.15) is 5.60 Å². The Labute approximate surface area is 318 Å². The lowest BCUT2D eigenvalue weighted by molar-refractivity contribution is 0.106. The van der Waals surface area contributed by atoms with Gasteiger partial charge in [-0.2, -0.15) is 0 Å². The maximum atomic E-state index is 10.7. The molecule has 272 valence electrons. The number of nitrogen functional groups attached to an aromatic ring is 2. The monoisotopic (exact) mass is 750 g/mol. The zero-order valence-electron chi connectivity index (χ0n) is 29.7. The Balaban J connectivity index is 0.000000188. The molecule has 13 heteroatoms. The minimum Gasteiger partial charge on any atom is -0.383 e. The molecule has 0 bridgehead atoms. The summed E-state index contributed by atoms with van der Waals surface area (Å²) < 4.78 is 14.6. The number of rotatable bonds is 8. The molecule has 2 atom stereocenters. The van der Waals surface area contributed by atoms with Crippen LogP contribution in [0, 0.1) is 30.1 Å². The molecule has 2 aromatic carbocycles. The first-order chi connectivity index (χ1) is 25.5. The predicted molar refractivity (Wildman–Crippen MR) is 211 cm³/mol. The third-order valence-electron chi connectivity index (χ3n) is 9.21. The summed E-state index contributed by atoms with van der Waals surface area (Å²) in [5.41, 5.74) is 17.2. The maximum absolute atomic E-state index is 10.7. The highest BCUT2D eigenvalue weighted by Gasteiger charge is 2.33. The van der Waals surface area contributed by atoms with Crippen LogP contribution in [-0.2, 0) is 22.6 Å². The van der Waals surface area contributed by atoms with Crippen LogP contribution in [0.1, 0.15) is 37.3 Å². The number of terminal acetylenes is 1. The SMILES string of the molecule is C#Cc1ccc2c(c1)c(-c1nc(N)ncc1Cl)cn2CCOC.COCCn1cc(-c2nc(N)ncc2Cl)c2cc(C#CC3(O)CC[C@@H](C)C3)ccc21. The van der Waals surface area contributed by atoms with Crippen molar-refractivity contribution in [2.45, 2.75) is 44.9 Å². The molecule has 4 heterocycles. The summed E-state index contributed by atoms with van der Waals surface area (Å²) in [7, 11) is 3.35. The van der Waals surface area contributed by atoms with Gasteiger partial charge < -0.3 is 35.2 Å². The van der Waals surface area contributed by atoms with E-state index in [0.29, 0.717) is 53.7 Å². The Morgan fingerprint density at radius 1 is 0.868 bits per heavy atom. The van der Waals surface area contributed by atoms with Crippen molar-refractivity contribution < 1.29 is 14.6 Å². The number of fused-ring (bicyclic) bond motifs is 2. The maximum Gasteiger partial charge on any atom is 0.220 e. The van der Waals surface area contributed by atoms with E-state index in [1.54, 1.807) is 14.2 Å². The summed E-state index contributed by atoms with van der Waals surface area (Å²) in [5, 5.41) is 13.5. The predicted octanol–water partition coefficient (Wildman–Crippen LogP) is 6.84. The summed E-state index contributed by atoms with van der Waals surface area (Å²) in [5.74, 6) is 9.76. The first kappa shape index (κ1) is 37.6. The molecule has 5 N–H and O–H groups in total. The van der Waals surface area contributed by atoms with Gasteiger partial charge in [0.25, 0.3) is 0 Å². The molecule has 1 fully saturated rings. The van der Waals surface area contributed by atoms with Gasteiger partial charge in [-0.1, -0.05) is 47.9 Å². The largest absolute Gasteiger partial charge is 0.383 e. The van der Waals surface area contributed by atoms with Gasteiger partial charge in [0, 0.05) is 83.8 Å². The van der Waals surface area contributed by atoms with Crippen LogP contribution in [-0.4, -0.2) is 67.2 Å². The van der Waals surface area contributed by atoms with Gasteiger partial charge in [-0.15, -0.1) is 6.42 Å². The highest BCUT2D eigenvalue weighted by atomic mass is 35.5. The molecule has 7 rings (SSSR count). The zero-order chi connectivity index (χ0) is 37.7. The molecule has 1 unspecified atom stereocenters. The van der Waals surface area contributed by atoms with E-state index < -0.39 is 5.60 Å². The van der Waals surface area contributed by atoms with Gasteiger partial charge in [-0.05, 0) is 61.6 Å². The number of ether oxygens (including phenoxy) is 2. The van der Waals surface area contributed by atoms with Gasteiger partial charge >= 0.3 is 0 Å². The van der Waals surface area contributed by atoms with Crippen LogP contribution in [0.4, 0.5) is 11.9 Å². The van der Waals surface area contributed by atoms with Crippen molar-refractivity contribution in [2.75, 3.05) is 38.9 Å². The first-order valence-corrected chi connectivity index (χ1v) is 17.8. The van der Waals surface area contributed by atoms with Crippen LogP contribution >= 0.6 is 23.2 Å². The number of aliphatic hydroxyl groups is 1. The molecule has 53 heavy (non-hydrogen) atoms. The molecule has 0 aliphatic heterocycles. The Morgan fingerprint density at radius 2 is 1.38 bits per heavy atom. The van der Waals surface area contributed by atoms with E-state index in [4.69, 9.17) is 50.6 Å². The van der Waals surface area contributed by atoms with Crippen molar-refractivity contribution in [3.63, 3.8) is 0 Å². The lowest BCUT2D eigenvalue weighted by atomic mass is 10.0. The number of anilines is 2. The van der Waals surface area contributed by atoms with Gasteiger partial charge in [0.15, 0.2) is 0 Å². The second-order valence-electron chi connectivity index (χ2n) is 13.0. The highest BCUT2D eigenvalue weighted by molar-refractivity contribution is 6.33. The average molecular weight is 752 g/mol. The number of hydrogen-bond donors (Lipinski definition) is 3. The Kier molecular flexibility index (Phi) is 11.5. The molecule has 0 spiro atoms. The third kappa shape index (κ3) is 8.42. The number of methoxy groups -OCH3 is 2. The standard InChI is InChI=1S/C23H25ClN4O2.C17H15ClN4O/c1-15-5-7-23(29,12-15)8-6-16-3-4-20-17(11-16)18(14-28(20)9-10-30-2)21-19(24)13-26-22(25)27-21;1-3-11-4-5-15-12(8-11)13(10-22(15)6-7-23-2)16-14(18)9-20-17(19)21-16/h3-4,11,13-15,29H,5,7,9-10,12H2,1-2H3,(H2,25,26,27);1,4-5,8-10H,6-7H2,2H3,(H2,19,20,21)/t15-,23?;/m1./s1. The van der Waals surface area contributed by atoms with Gasteiger partial charge in [0.05, 0.1) is 47.0 Å². The third-order valence-corrected chi connectivity index (χ3v) is 9.77. The highest BCUT2D eigenvalue weighted by Crippen LogP contribution is 2.37. The number of halogens is 2. The molecule has 11 nitrogen and oxygen atoms in total. The molecule has 1 saturated carbocycles. The van der Waals surface area contributed by atoms with Crippen molar-refractivity contribution in [3.8, 4) is 46.7 Å². The quantitative estimate of drug-likeness (QED) is 0.142. The molecule has 6 aromatic rings. The van der Waals surface area contributed by atoms with Crippen LogP contribution in [0.25, 0.3) is 44.3 Å². The molecule has 0 radical (unpaired) electrons. The smallest absolute Gasteiger partial charge is 0.220 e. The molecular weight excluding hydrogens is 711 g/mol. The van der Waals surface area contributed by atoms with E-state index in [1.807, 2.05) is 48.8 Å². The lowest BCUT2D eigenvalue weighted by Crippen LogP contribution is -2.21. The van der Waals surface area contributed by atoms with Crippen LogP contribution in [0.2, 0.25) is 10.0 Å². The minimum atomic E-state index is -0.897. The fourth-order valence-electron chi connectivity index (χ4n) is 6.60. The number of benzene rings is 2. The lowest BCUT2D eigenvalue weighted by Gasteiger charge is -2.13. The molecule has 1 aliphatic carbocycles. The summed E-state index contributed by atoms with van der Waals surface area (Å²) in [6.07, 6.45) is 15.0. The second kappa shape index (κ2) is 16.3.